The lowest BCUT2D eigenvalue weighted by Gasteiger charge is -2.14. The van der Waals surface area contributed by atoms with Crippen LogP contribution in [0.15, 0.2) is 328 Å². The average Bonchev–Trinajstić information content (AvgIpc) is 1.65. The molecule has 0 radical (unpaired) electrons. The number of ketones is 1. The van der Waals surface area contributed by atoms with Crippen molar-refractivity contribution < 1.29 is 47.9 Å². The Hall–Kier alpha value is -13.3. The average molecular weight is 1480 g/mol. The van der Waals surface area contributed by atoms with E-state index in [1.807, 2.05) is 236 Å². The molecule has 15 aromatic rings. The minimum absolute atomic E-state index is 0.0497. The van der Waals surface area contributed by atoms with Crippen LogP contribution in [0.25, 0.3) is 32.7 Å². The van der Waals surface area contributed by atoms with Gasteiger partial charge < -0.3 is 52.1 Å². The fourth-order valence-corrected chi connectivity index (χ4v) is 14.0. The van der Waals surface area contributed by atoms with Crippen LogP contribution in [0.3, 0.4) is 0 Å². The van der Waals surface area contributed by atoms with Crippen molar-refractivity contribution in [1.82, 2.24) is 18.6 Å². The predicted octanol–water partition coefficient (Wildman–Crippen LogP) is 20.5. The fourth-order valence-electron chi connectivity index (χ4n) is 14.0. The number of rotatable bonds is 30. The number of carboxylic acids is 1. The standard InChI is InChI=1S/C35H34N2O3.C32H29NO3.C31H27NO4/c38-35(36-18-7-8-19-36)21-30-24-37(23-29-14-9-15-31(20-29)39-25-27-10-3-1-4-11-27)34-17-16-32(22-33(30)34)40-26-28-12-5-2-6-13-28;1-24(34)17-28-21-33(20-27-13-8-14-29(18-27)35-22-25-9-4-2-5-10-25)32-16-15-30(19-31(28)32)36-23-26-11-6-3-7-12-26;33-31(34)17-26-20-32(19-25-12-7-13-27(16-25)35-21-23-8-3-1-4-9-23)30-15-14-28(18-29(26)30)36-22-24-10-5-2-6-11-24/h1-6,9-17,20,22,24H,7-8,18-19,21,23,25-26H2;2-16,18-19,21H,17,20,22-23H2,1H3;1-16,18,20H,17,19,21-22H2,(H,33,34). The molecule has 4 heterocycles. The van der Waals surface area contributed by atoms with E-state index in [-0.39, 0.29) is 18.1 Å². The molecule has 0 aliphatic carbocycles. The van der Waals surface area contributed by atoms with Gasteiger partial charge in [0, 0.05) is 90.4 Å². The topological polar surface area (TPSA) is 145 Å². The summed E-state index contributed by atoms with van der Waals surface area (Å²) in [5, 5.41) is 12.5. The van der Waals surface area contributed by atoms with Crippen molar-refractivity contribution in [3.05, 3.63) is 395 Å². The molecule has 14 heteroatoms. The fraction of sp³-hybridized carbons (Fsp3) is 0.173. The molecule has 3 aromatic heterocycles. The number of carboxylic acid groups (broad SMARTS) is 1. The molecule has 562 valence electrons. The highest BCUT2D eigenvalue weighted by Crippen LogP contribution is 2.33. The molecule has 1 aliphatic heterocycles. The van der Waals surface area contributed by atoms with E-state index in [0.717, 1.165) is 154 Å². The number of aliphatic carboxylic acids is 1. The lowest BCUT2D eigenvalue weighted by atomic mass is 10.1. The third kappa shape index (κ3) is 21.1. The Morgan fingerprint density at radius 2 is 0.554 bits per heavy atom. The third-order valence-electron chi connectivity index (χ3n) is 19.6. The maximum absolute atomic E-state index is 13.1. The van der Waals surface area contributed by atoms with Gasteiger partial charge in [0.25, 0.3) is 0 Å². The Morgan fingerprint density at radius 3 is 0.830 bits per heavy atom. The second kappa shape index (κ2) is 37.7. The number of fused-ring (bicyclic) bond motifs is 3. The molecule has 0 spiro atoms. The molecule has 0 unspecified atom stereocenters. The smallest absolute Gasteiger partial charge is 0.307 e. The number of nitrogens with zero attached hydrogens (tertiary/aromatic N) is 4. The van der Waals surface area contributed by atoms with E-state index in [2.05, 4.69) is 111 Å². The van der Waals surface area contributed by atoms with Crippen LogP contribution >= 0.6 is 0 Å². The number of hydrogen-bond acceptors (Lipinski definition) is 9. The number of carbonyl (C=O) groups excluding carboxylic acids is 2. The van der Waals surface area contributed by atoms with Crippen molar-refractivity contribution in [3.63, 3.8) is 0 Å². The molecule has 0 saturated carbocycles. The van der Waals surface area contributed by atoms with E-state index < -0.39 is 5.97 Å². The SMILES string of the molecule is CC(=O)Cc1cn(Cc2cccc(OCc3ccccc3)c2)c2ccc(OCc3ccccc3)cc12.O=C(Cc1cn(Cc2cccc(OCc3ccccc3)c2)c2ccc(OCc3ccccc3)cc12)N1CCCC1.O=C(O)Cc1cn(Cc2cccc(OCc3ccccc3)c2)c2ccc(OCc3ccccc3)cc12. The molecule has 1 aliphatic rings. The summed E-state index contributed by atoms with van der Waals surface area (Å²) in [6.07, 6.45) is 9.07. The summed E-state index contributed by atoms with van der Waals surface area (Å²) in [6.45, 7) is 8.35. The maximum atomic E-state index is 13.1. The summed E-state index contributed by atoms with van der Waals surface area (Å²) in [5.41, 5.74) is 16.0. The van der Waals surface area contributed by atoms with Crippen LogP contribution in [-0.2, 0) is 92.9 Å². The van der Waals surface area contributed by atoms with Gasteiger partial charge in [-0.25, -0.2) is 0 Å². The molecular weight excluding hydrogens is 1390 g/mol. The monoisotopic (exact) mass is 1480 g/mol. The van der Waals surface area contributed by atoms with Crippen LogP contribution in [0.1, 0.15) is 86.5 Å². The van der Waals surface area contributed by atoms with Crippen molar-refractivity contribution in [2.75, 3.05) is 13.1 Å². The van der Waals surface area contributed by atoms with Gasteiger partial charge in [-0.2, -0.15) is 0 Å². The van der Waals surface area contributed by atoms with E-state index in [1.165, 1.54) is 0 Å². The minimum atomic E-state index is -0.860. The molecule has 0 atom stereocenters. The quantitative estimate of drug-likeness (QED) is 0.0462. The van der Waals surface area contributed by atoms with Crippen LogP contribution in [-0.4, -0.2) is 54.5 Å². The predicted molar refractivity (Wildman–Crippen MR) is 442 cm³/mol. The Labute approximate surface area is 653 Å². The summed E-state index contributed by atoms with van der Waals surface area (Å²) < 4.78 is 42.8. The number of hydrogen-bond donors (Lipinski definition) is 1. The lowest BCUT2D eigenvalue weighted by molar-refractivity contribution is -0.136. The van der Waals surface area contributed by atoms with Crippen LogP contribution in [0.4, 0.5) is 0 Å². The van der Waals surface area contributed by atoms with Crippen LogP contribution in [0, 0.1) is 0 Å². The third-order valence-corrected chi connectivity index (χ3v) is 19.6. The van der Waals surface area contributed by atoms with Gasteiger partial charge in [-0.1, -0.05) is 218 Å². The summed E-state index contributed by atoms with van der Waals surface area (Å²) in [4.78, 5) is 38.7. The van der Waals surface area contributed by atoms with E-state index >= 15 is 0 Å². The van der Waals surface area contributed by atoms with Gasteiger partial charge in [0.2, 0.25) is 5.91 Å². The first-order chi connectivity index (χ1) is 55.0. The van der Waals surface area contributed by atoms with Gasteiger partial charge in [-0.15, -0.1) is 0 Å². The van der Waals surface area contributed by atoms with Crippen molar-refractivity contribution in [2.45, 2.75) is 98.3 Å². The molecule has 1 fully saturated rings. The zero-order valence-electron chi connectivity index (χ0n) is 62.9. The summed E-state index contributed by atoms with van der Waals surface area (Å²) in [5.74, 6) is 4.28. The van der Waals surface area contributed by atoms with Crippen molar-refractivity contribution in [2.24, 2.45) is 0 Å². The maximum Gasteiger partial charge on any atom is 0.307 e. The Morgan fingerprint density at radius 1 is 0.295 bits per heavy atom. The Balaban J connectivity index is 0.000000140. The molecule has 1 saturated heterocycles. The number of benzene rings is 12. The largest absolute Gasteiger partial charge is 0.489 e. The first-order valence-electron chi connectivity index (χ1n) is 38.1. The number of Topliss-reactive ketones (excluding diaryl/α,β-unsaturated/α-hetero) is 1. The number of aromatic nitrogens is 3. The van der Waals surface area contributed by atoms with Gasteiger partial charge in [0.15, 0.2) is 0 Å². The van der Waals surface area contributed by atoms with Crippen LogP contribution in [0.5, 0.6) is 34.5 Å². The number of ether oxygens (including phenoxy) is 6. The van der Waals surface area contributed by atoms with Crippen LogP contribution < -0.4 is 28.4 Å². The van der Waals surface area contributed by atoms with E-state index in [4.69, 9.17) is 28.4 Å². The Kier molecular flexibility index (Phi) is 25.4. The number of likely N-dealkylation sites (tertiary alicyclic amines) is 1. The molecule has 14 nitrogen and oxygen atoms in total. The molecular formula is C98H90N4O10. The second-order valence-corrected chi connectivity index (χ2v) is 28.2. The first kappa shape index (κ1) is 75.5. The molecule has 1 amide bonds. The van der Waals surface area contributed by atoms with E-state index in [1.54, 1.807) is 6.92 Å². The van der Waals surface area contributed by atoms with Crippen molar-refractivity contribution in [1.29, 1.82) is 0 Å². The molecule has 0 bridgehead atoms. The van der Waals surface area contributed by atoms with Gasteiger partial charge in [-0.05, 0) is 178 Å². The summed E-state index contributed by atoms with van der Waals surface area (Å²) in [6, 6.07) is 103. The summed E-state index contributed by atoms with van der Waals surface area (Å²) >= 11 is 0. The second-order valence-electron chi connectivity index (χ2n) is 28.2. The van der Waals surface area contributed by atoms with Crippen molar-refractivity contribution in [3.8, 4) is 34.5 Å². The van der Waals surface area contributed by atoms with Crippen molar-refractivity contribution >= 4 is 50.4 Å². The first-order valence-corrected chi connectivity index (χ1v) is 38.1. The molecule has 1 N–H and O–H groups in total. The van der Waals surface area contributed by atoms with Gasteiger partial charge in [-0.3, -0.25) is 14.4 Å². The normalized spacial score (nSPS) is 11.7. The highest BCUT2D eigenvalue weighted by atomic mass is 16.5. The van der Waals surface area contributed by atoms with E-state index in [9.17, 15) is 19.5 Å². The zero-order valence-corrected chi connectivity index (χ0v) is 62.9. The number of carbonyl (C=O) groups is 3. The van der Waals surface area contributed by atoms with Crippen LogP contribution in [0.2, 0.25) is 0 Å². The zero-order chi connectivity index (χ0) is 76.6. The minimum Gasteiger partial charge on any atom is -0.489 e. The molecule has 16 rings (SSSR count). The highest BCUT2D eigenvalue weighted by molar-refractivity contribution is 5.92. The van der Waals surface area contributed by atoms with Gasteiger partial charge in [0.05, 0.1) is 12.8 Å². The molecule has 112 heavy (non-hydrogen) atoms. The number of amides is 1. The lowest BCUT2D eigenvalue weighted by Crippen LogP contribution is -2.28. The summed E-state index contributed by atoms with van der Waals surface area (Å²) in [7, 11) is 0. The van der Waals surface area contributed by atoms with Gasteiger partial charge in [0.1, 0.15) is 79.9 Å². The molecule has 12 aromatic carbocycles. The Bertz CT molecular complexity index is 5360. The van der Waals surface area contributed by atoms with E-state index in [0.29, 0.717) is 77.9 Å². The highest BCUT2D eigenvalue weighted by Gasteiger charge is 2.22. The van der Waals surface area contributed by atoms with Gasteiger partial charge >= 0.3 is 5.97 Å².